The SMILES string of the molecule is COc1ccc(S(=O)(=O)N[C@@H](C)C(=O)Nc2ccc3c(c2)OCO3)cc1C. The number of hydrogen-bond donors (Lipinski definition) is 2. The number of aryl methyl sites for hydroxylation is 1. The molecule has 1 aliphatic rings. The summed E-state index contributed by atoms with van der Waals surface area (Å²) >= 11 is 0. The van der Waals surface area contributed by atoms with Gasteiger partial charge in [-0.15, -0.1) is 0 Å². The van der Waals surface area contributed by atoms with Gasteiger partial charge in [0.05, 0.1) is 18.0 Å². The van der Waals surface area contributed by atoms with Crippen molar-refractivity contribution in [3.63, 3.8) is 0 Å². The van der Waals surface area contributed by atoms with Crippen molar-refractivity contribution in [1.29, 1.82) is 0 Å². The second-order valence-electron chi connectivity index (χ2n) is 6.03. The van der Waals surface area contributed by atoms with Crippen molar-refractivity contribution in [2.45, 2.75) is 24.8 Å². The highest BCUT2D eigenvalue weighted by Crippen LogP contribution is 2.34. The summed E-state index contributed by atoms with van der Waals surface area (Å²) in [7, 11) is -2.35. The average molecular weight is 392 g/mol. The first-order valence-corrected chi connectivity index (χ1v) is 9.66. The second kappa shape index (κ2) is 7.45. The van der Waals surface area contributed by atoms with Gasteiger partial charge in [-0.2, -0.15) is 4.72 Å². The van der Waals surface area contributed by atoms with Crippen LogP contribution >= 0.6 is 0 Å². The van der Waals surface area contributed by atoms with Crippen molar-refractivity contribution < 1.29 is 27.4 Å². The molecule has 27 heavy (non-hydrogen) atoms. The largest absolute Gasteiger partial charge is 0.496 e. The Labute approximate surface area is 157 Å². The van der Waals surface area contributed by atoms with Gasteiger partial charge in [-0.25, -0.2) is 8.42 Å². The molecule has 0 radical (unpaired) electrons. The Morgan fingerprint density at radius 3 is 2.59 bits per heavy atom. The molecule has 3 rings (SSSR count). The lowest BCUT2D eigenvalue weighted by molar-refractivity contribution is -0.117. The number of fused-ring (bicyclic) bond motifs is 1. The van der Waals surface area contributed by atoms with Crippen LogP contribution in [0, 0.1) is 6.92 Å². The minimum absolute atomic E-state index is 0.0588. The molecular weight excluding hydrogens is 372 g/mol. The summed E-state index contributed by atoms with van der Waals surface area (Å²) in [4.78, 5) is 12.4. The molecule has 0 aliphatic carbocycles. The number of benzene rings is 2. The number of hydrogen-bond acceptors (Lipinski definition) is 6. The van der Waals surface area contributed by atoms with Gasteiger partial charge < -0.3 is 19.5 Å². The highest BCUT2D eigenvalue weighted by molar-refractivity contribution is 7.89. The maximum Gasteiger partial charge on any atom is 0.242 e. The lowest BCUT2D eigenvalue weighted by Gasteiger charge is -2.15. The molecule has 0 fully saturated rings. The summed E-state index contributed by atoms with van der Waals surface area (Å²) in [6.45, 7) is 3.34. The van der Waals surface area contributed by atoms with Crippen LogP contribution in [0.2, 0.25) is 0 Å². The smallest absolute Gasteiger partial charge is 0.242 e. The summed E-state index contributed by atoms with van der Waals surface area (Å²) in [6, 6.07) is 8.45. The summed E-state index contributed by atoms with van der Waals surface area (Å²) < 4.78 is 43.0. The van der Waals surface area contributed by atoms with Gasteiger partial charge in [-0.05, 0) is 49.7 Å². The maximum atomic E-state index is 12.5. The van der Waals surface area contributed by atoms with E-state index in [1.54, 1.807) is 31.2 Å². The number of amides is 1. The third kappa shape index (κ3) is 4.15. The molecule has 9 heteroatoms. The number of ether oxygens (including phenoxy) is 3. The molecule has 0 unspecified atom stereocenters. The van der Waals surface area contributed by atoms with Gasteiger partial charge in [0.25, 0.3) is 0 Å². The first kappa shape index (κ1) is 19.0. The molecule has 0 spiro atoms. The van der Waals surface area contributed by atoms with E-state index in [0.29, 0.717) is 28.5 Å². The maximum absolute atomic E-state index is 12.5. The van der Waals surface area contributed by atoms with E-state index in [1.807, 2.05) is 0 Å². The highest BCUT2D eigenvalue weighted by atomic mass is 32.2. The Morgan fingerprint density at radius 2 is 1.89 bits per heavy atom. The molecule has 1 heterocycles. The first-order valence-electron chi connectivity index (χ1n) is 8.17. The van der Waals surface area contributed by atoms with Gasteiger partial charge in [-0.3, -0.25) is 4.79 Å². The van der Waals surface area contributed by atoms with Crippen molar-refractivity contribution >= 4 is 21.6 Å². The Bertz CT molecular complexity index is 974. The van der Waals surface area contributed by atoms with Crippen LogP contribution in [-0.4, -0.2) is 34.3 Å². The summed E-state index contributed by atoms with van der Waals surface area (Å²) in [6.07, 6.45) is 0. The third-order valence-electron chi connectivity index (χ3n) is 4.04. The van der Waals surface area contributed by atoms with Gasteiger partial charge >= 0.3 is 0 Å². The zero-order valence-electron chi connectivity index (χ0n) is 15.1. The average Bonchev–Trinajstić information content (AvgIpc) is 3.09. The Balaban J connectivity index is 1.69. The monoisotopic (exact) mass is 392 g/mol. The van der Waals surface area contributed by atoms with Crippen LogP contribution in [0.15, 0.2) is 41.3 Å². The van der Waals surface area contributed by atoms with Gasteiger partial charge in [0.2, 0.25) is 22.7 Å². The van der Waals surface area contributed by atoms with Crippen LogP contribution in [0.5, 0.6) is 17.2 Å². The van der Waals surface area contributed by atoms with Gasteiger partial charge in [0.1, 0.15) is 5.75 Å². The number of sulfonamides is 1. The standard InChI is InChI=1S/C18H20N2O6S/c1-11-8-14(5-7-15(11)24-3)27(22,23)20-12(2)18(21)19-13-4-6-16-17(9-13)26-10-25-16/h4-9,12,20H,10H2,1-3H3,(H,19,21)/t12-/m0/s1. The van der Waals surface area contributed by atoms with Gasteiger partial charge in [0, 0.05) is 11.8 Å². The van der Waals surface area contributed by atoms with Crippen LogP contribution in [0.25, 0.3) is 0 Å². The van der Waals surface area contributed by atoms with Crippen LogP contribution in [0.3, 0.4) is 0 Å². The number of methoxy groups -OCH3 is 1. The zero-order valence-corrected chi connectivity index (χ0v) is 15.9. The molecule has 1 aliphatic heterocycles. The lowest BCUT2D eigenvalue weighted by atomic mass is 10.2. The molecule has 1 amide bonds. The fraction of sp³-hybridized carbons (Fsp3) is 0.278. The fourth-order valence-electron chi connectivity index (χ4n) is 2.60. The number of rotatable bonds is 6. The predicted octanol–water partition coefficient (Wildman–Crippen LogP) is 2.04. The molecule has 144 valence electrons. The molecule has 8 nitrogen and oxygen atoms in total. The molecular formula is C18H20N2O6S. The topological polar surface area (TPSA) is 103 Å². The number of carbonyl (C=O) groups is 1. The van der Waals surface area contributed by atoms with Crippen molar-refractivity contribution in [2.75, 3.05) is 19.2 Å². The highest BCUT2D eigenvalue weighted by Gasteiger charge is 2.23. The van der Waals surface area contributed by atoms with E-state index in [4.69, 9.17) is 14.2 Å². The normalized spacial score (nSPS) is 13.9. The summed E-state index contributed by atoms with van der Waals surface area (Å²) in [5.41, 5.74) is 1.16. The molecule has 2 aromatic rings. The molecule has 2 aromatic carbocycles. The Kier molecular flexibility index (Phi) is 5.24. The van der Waals surface area contributed by atoms with Crippen LogP contribution in [0.1, 0.15) is 12.5 Å². The van der Waals surface area contributed by atoms with Gasteiger partial charge in [-0.1, -0.05) is 0 Å². The minimum atomic E-state index is -3.86. The van der Waals surface area contributed by atoms with Crippen molar-refractivity contribution in [3.8, 4) is 17.2 Å². The van der Waals surface area contributed by atoms with Crippen molar-refractivity contribution in [2.24, 2.45) is 0 Å². The van der Waals surface area contributed by atoms with E-state index >= 15 is 0 Å². The molecule has 0 saturated heterocycles. The van der Waals surface area contributed by atoms with E-state index in [-0.39, 0.29) is 11.7 Å². The van der Waals surface area contributed by atoms with E-state index in [1.165, 1.54) is 26.2 Å². The molecule has 0 saturated carbocycles. The second-order valence-corrected chi connectivity index (χ2v) is 7.75. The van der Waals surface area contributed by atoms with Crippen molar-refractivity contribution in [3.05, 3.63) is 42.0 Å². The number of anilines is 1. The summed E-state index contributed by atoms with van der Waals surface area (Å²) in [5, 5.41) is 2.65. The predicted molar refractivity (Wildman–Crippen MR) is 98.7 cm³/mol. The molecule has 0 bridgehead atoms. The molecule has 0 aromatic heterocycles. The fourth-order valence-corrected chi connectivity index (χ4v) is 3.88. The quantitative estimate of drug-likeness (QED) is 0.780. The third-order valence-corrected chi connectivity index (χ3v) is 5.58. The summed E-state index contributed by atoms with van der Waals surface area (Å²) in [5.74, 6) is 1.21. The Morgan fingerprint density at radius 1 is 1.15 bits per heavy atom. The van der Waals surface area contributed by atoms with E-state index < -0.39 is 22.0 Å². The number of nitrogens with one attached hydrogen (secondary N) is 2. The van der Waals surface area contributed by atoms with E-state index in [0.717, 1.165) is 0 Å². The Hall–Kier alpha value is -2.78. The van der Waals surface area contributed by atoms with Crippen LogP contribution in [-0.2, 0) is 14.8 Å². The van der Waals surface area contributed by atoms with Crippen molar-refractivity contribution in [1.82, 2.24) is 4.72 Å². The lowest BCUT2D eigenvalue weighted by Crippen LogP contribution is -2.41. The zero-order chi connectivity index (χ0) is 19.6. The number of carbonyl (C=O) groups excluding carboxylic acids is 1. The molecule has 1 atom stereocenters. The van der Waals surface area contributed by atoms with Crippen LogP contribution in [0.4, 0.5) is 5.69 Å². The van der Waals surface area contributed by atoms with Crippen LogP contribution < -0.4 is 24.2 Å². The first-order chi connectivity index (χ1) is 12.8. The molecule has 2 N–H and O–H groups in total. The van der Waals surface area contributed by atoms with E-state index in [9.17, 15) is 13.2 Å². The van der Waals surface area contributed by atoms with Gasteiger partial charge in [0.15, 0.2) is 11.5 Å². The van der Waals surface area contributed by atoms with E-state index in [2.05, 4.69) is 10.0 Å². The minimum Gasteiger partial charge on any atom is -0.496 e.